The van der Waals surface area contributed by atoms with Crippen molar-refractivity contribution in [3.8, 4) is 0 Å². The van der Waals surface area contributed by atoms with Crippen LogP contribution in [0.1, 0.15) is 30.7 Å². The highest BCUT2D eigenvalue weighted by atomic mass is 16.5. The molecule has 114 valence electrons. The summed E-state index contributed by atoms with van der Waals surface area (Å²) in [5, 5.41) is 2.98. The van der Waals surface area contributed by atoms with Crippen LogP contribution in [0.2, 0.25) is 0 Å². The zero-order valence-corrected chi connectivity index (χ0v) is 12.7. The fourth-order valence-electron chi connectivity index (χ4n) is 2.90. The summed E-state index contributed by atoms with van der Waals surface area (Å²) in [6.45, 7) is 7.06. The molecule has 1 amide bonds. The summed E-state index contributed by atoms with van der Waals surface area (Å²) in [5.41, 5.74) is 2.41. The van der Waals surface area contributed by atoms with Crippen molar-refractivity contribution in [3.05, 3.63) is 11.4 Å². The number of nitrogens with zero attached hydrogens (tertiary/aromatic N) is 3. The van der Waals surface area contributed by atoms with E-state index in [9.17, 15) is 4.79 Å². The van der Waals surface area contributed by atoms with E-state index >= 15 is 0 Å². The summed E-state index contributed by atoms with van der Waals surface area (Å²) in [5.74, 6) is 0.739. The molecular formula is C15H22N4O2. The SMILES string of the molecule is Cc1nc(N2CCCC2)nc(C)c1NC(=O)C1CCOC1. The quantitative estimate of drug-likeness (QED) is 0.917. The molecule has 0 spiro atoms. The van der Waals surface area contributed by atoms with Gasteiger partial charge in [0.15, 0.2) is 0 Å². The van der Waals surface area contributed by atoms with Crippen molar-refractivity contribution in [3.63, 3.8) is 0 Å². The third-order valence-electron chi connectivity index (χ3n) is 4.20. The molecule has 2 saturated heterocycles. The Morgan fingerprint density at radius 2 is 1.90 bits per heavy atom. The van der Waals surface area contributed by atoms with Crippen molar-refractivity contribution in [1.82, 2.24) is 9.97 Å². The first-order chi connectivity index (χ1) is 10.1. The number of hydrogen-bond donors (Lipinski definition) is 1. The summed E-state index contributed by atoms with van der Waals surface area (Å²) < 4.78 is 5.26. The van der Waals surface area contributed by atoms with Crippen LogP contribution in [0.15, 0.2) is 0 Å². The van der Waals surface area contributed by atoms with E-state index in [2.05, 4.69) is 20.2 Å². The van der Waals surface area contributed by atoms with Crippen LogP contribution in [0.3, 0.4) is 0 Å². The average molecular weight is 290 g/mol. The van der Waals surface area contributed by atoms with Crippen molar-refractivity contribution in [2.75, 3.05) is 36.5 Å². The van der Waals surface area contributed by atoms with Crippen molar-refractivity contribution in [2.24, 2.45) is 5.92 Å². The maximum atomic E-state index is 12.2. The number of anilines is 2. The van der Waals surface area contributed by atoms with Crippen LogP contribution in [0, 0.1) is 19.8 Å². The van der Waals surface area contributed by atoms with E-state index in [0.717, 1.165) is 42.5 Å². The van der Waals surface area contributed by atoms with Gasteiger partial charge in [-0.3, -0.25) is 4.79 Å². The number of rotatable bonds is 3. The van der Waals surface area contributed by atoms with E-state index in [1.54, 1.807) is 0 Å². The van der Waals surface area contributed by atoms with Gasteiger partial charge in [0.1, 0.15) is 0 Å². The largest absolute Gasteiger partial charge is 0.381 e. The maximum absolute atomic E-state index is 12.2. The van der Waals surface area contributed by atoms with Crippen LogP contribution in [0.5, 0.6) is 0 Å². The summed E-state index contributed by atoms with van der Waals surface area (Å²) >= 11 is 0. The number of ether oxygens (including phenoxy) is 1. The smallest absolute Gasteiger partial charge is 0.230 e. The second-order valence-electron chi connectivity index (χ2n) is 5.81. The van der Waals surface area contributed by atoms with E-state index < -0.39 is 0 Å². The van der Waals surface area contributed by atoms with Gasteiger partial charge >= 0.3 is 0 Å². The van der Waals surface area contributed by atoms with Gasteiger partial charge in [-0.2, -0.15) is 0 Å². The molecule has 2 fully saturated rings. The molecule has 6 nitrogen and oxygen atoms in total. The molecular weight excluding hydrogens is 268 g/mol. The van der Waals surface area contributed by atoms with Crippen molar-refractivity contribution in [2.45, 2.75) is 33.1 Å². The molecule has 1 aromatic rings. The summed E-state index contributed by atoms with van der Waals surface area (Å²) in [6, 6.07) is 0. The minimum atomic E-state index is -0.0536. The van der Waals surface area contributed by atoms with Gasteiger partial charge in [0, 0.05) is 19.7 Å². The molecule has 3 heterocycles. The maximum Gasteiger partial charge on any atom is 0.230 e. The molecule has 0 radical (unpaired) electrons. The number of carbonyl (C=O) groups is 1. The number of aryl methyl sites for hydroxylation is 2. The zero-order valence-electron chi connectivity index (χ0n) is 12.7. The highest BCUT2D eigenvalue weighted by Gasteiger charge is 2.25. The predicted molar refractivity (Wildman–Crippen MR) is 80.5 cm³/mol. The minimum absolute atomic E-state index is 0.0104. The molecule has 1 aromatic heterocycles. The summed E-state index contributed by atoms with van der Waals surface area (Å²) in [7, 11) is 0. The first kappa shape index (κ1) is 14.3. The normalized spacial score (nSPS) is 21.8. The van der Waals surface area contributed by atoms with Crippen LogP contribution in [0.25, 0.3) is 0 Å². The van der Waals surface area contributed by atoms with Crippen LogP contribution < -0.4 is 10.2 Å². The topological polar surface area (TPSA) is 67.4 Å². The number of aromatic nitrogens is 2. The van der Waals surface area contributed by atoms with E-state index in [4.69, 9.17) is 4.74 Å². The monoisotopic (exact) mass is 290 g/mol. The number of carbonyl (C=O) groups excluding carboxylic acids is 1. The predicted octanol–water partition coefficient (Wildman–Crippen LogP) is 1.67. The van der Waals surface area contributed by atoms with Gasteiger partial charge in [-0.15, -0.1) is 0 Å². The third kappa shape index (κ3) is 3.00. The van der Waals surface area contributed by atoms with Gasteiger partial charge in [-0.25, -0.2) is 9.97 Å². The molecule has 1 N–H and O–H groups in total. The molecule has 21 heavy (non-hydrogen) atoms. The van der Waals surface area contributed by atoms with Crippen LogP contribution >= 0.6 is 0 Å². The fourth-order valence-corrected chi connectivity index (χ4v) is 2.90. The Kier molecular flexibility index (Phi) is 4.05. The standard InChI is InChI=1S/C15H22N4O2/c1-10-13(18-14(20)12-5-8-21-9-12)11(2)17-15(16-10)19-6-3-4-7-19/h12H,3-9H2,1-2H3,(H,18,20). The highest BCUT2D eigenvalue weighted by molar-refractivity contribution is 5.93. The Bertz CT molecular complexity index is 511. The minimum Gasteiger partial charge on any atom is -0.381 e. The van der Waals surface area contributed by atoms with Gasteiger partial charge in [0.05, 0.1) is 29.6 Å². The molecule has 0 saturated carbocycles. The molecule has 1 atom stereocenters. The lowest BCUT2D eigenvalue weighted by Crippen LogP contribution is -2.25. The molecule has 2 aliphatic rings. The second-order valence-corrected chi connectivity index (χ2v) is 5.81. The highest BCUT2D eigenvalue weighted by Crippen LogP contribution is 2.24. The molecule has 0 bridgehead atoms. The second kappa shape index (κ2) is 5.97. The molecule has 0 aromatic carbocycles. The van der Waals surface area contributed by atoms with E-state index in [0.29, 0.717) is 13.2 Å². The van der Waals surface area contributed by atoms with E-state index in [1.165, 1.54) is 12.8 Å². The Balaban J connectivity index is 1.77. The first-order valence-electron chi connectivity index (χ1n) is 7.64. The molecule has 2 aliphatic heterocycles. The summed E-state index contributed by atoms with van der Waals surface area (Å²) in [6.07, 6.45) is 3.18. The number of hydrogen-bond acceptors (Lipinski definition) is 5. The Morgan fingerprint density at radius 1 is 1.24 bits per heavy atom. The van der Waals surface area contributed by atoms with Crippen molar-refractivity contribution >= 4 is 17.5 Å². The molecule has 3 rings (SSSR count). The molecule has 6 heteroatoms. The van der Waals surface area contributed by atoms with Gasteiger partial charge in [-0.05, 0) is 33.1 Å². The lowest BCUT2D eigenvalue weighted by molar-refractivity contribution is -0.119. The number of amides is 1. The van der Waals surface area contributed by atoms with Crippen molar-refractivity contribution in [1.29, 1.82) is 0 Å². The van der Waals surface area contributed by atoms with Crippen molar-refractivity contribution < 1.29 is 9.53 Å². The van der Waals surface area contributed by atoms with E-state index in [1.807, 2.05) is 13.8 Å². The lowest BCUT2D eigenvalue weighted by Gasteiger charge is -2.19. The lowest BCUT2D eigenvalue weighted by atomic mass is 10.1. The molecule has 0 aliphatic carbocycles. The Hall–Kier alpha value is -1.69. The van der Waals surface area contributed by atoms with Gasteiger partial charge in [0.25, 0.3) is 0 Å². The average Bonchev–Trinajstić information content (AvgIpc) is 3.14. The van der Waals surface area contributed by atoms with Gasteiger partial charge in [-0.1, -0.05) is 0 Å². The number of nitrogens with one attached hydrogen (secondary N) is 1. The Labute approximate surface area is 124 Å². The van der Waals surface area contributed by atoms with Crippen LogP contribution in [-0.4, -0.2) is 42.2 Å². The van der Waals surface area contributed by atoms with Gasteiger partial charge < -0.3 is 15.0 Å². The van der Waals surface area contributed by atoms with Crippen LogP contribution in [-0.2, 0) is 9.53 Å². The zero-order chi connectivity index (χ0) is 14.8. The first-order valence-corrected chi connectivity index (χ1v) is 7.64. The van der Waals surface area contributed by atoms with Gasteiger partial charge in [0.2, 0.25) is 11.9 Å². The molecule has 1 unspecified atom stereocenters. The third-order valence-corrected chi connectivity index (χ3v) is 4.20. The Morgan fingerprint density at radius 3 is 2.48 bits per heavy atom. The fraction of sp³-hybridized carbons (Fsp3) is 0.667. The summed E-state index contributed by atoms with van der Waals surface area (Å²) in [4.78, 5) is 23.5. The van der Waals surface area contributed by atoms with E-state index in [-0.39, 0.29) is 11.8 Å². The van der Waals surface area contributed by atoms with Crippen LogP contribution in [0.4, 0.5) is 11.6 Å².